The van der Waals surface area contributed by atoms with Gasteiger partial charge in [-0.05, 0) is 42.0 Å². The third-order valence-electron chi connectivity index (χ3n) is 2.29. The Hall–Kier alpha value is -2.12. The predicted molar refractivity (Wildman–Crippen MR) is 76.5 cm³/mol. The number of nitriles is 1. The first-order chi connectivity index (χ1) is 8.78. The number of benzene rings is 2. The highest BCUT2D eigenvalue weighted by molar-refractivity contribution is 9.10. The molecule has 0 radical (unpaired) electrons. The summed E-state index contributed by atoms with van der Waals surface area (Å²) in [6, 6.07) is 17.1. The molecule has 0 aliphatic carbocycles. The minimum Gasteiger partial charge on any atom is -0.279 e. The predicted octanol–water partition coefficient (Wildman–Crippen LogP) is 3.77. The second-order valence-electron chi connectivity index (χ2n) is 3.61. The molecular weight excluding hydrogens is 290 g/mol. The van der Waals surface area contributed by atoms with Crippen LogP contribution in [0.5, 0.6) is 0 Å². The van der Waals surface area contributed by atoms with Gasteiger partial charge in [-0.3, -0.25) is 5.43 Å². The van der Waals surface area contributed by atoms with E-state index in [1.54, 1.807) is 18.3 Å². The number of hydrogen-bond acceptors (Lipinski definition) is 3. The Morgan fingerprint density at radius 2 is 1.72 bits per heavy atom. The van der Waals surface area contributed by atoms with Crippen molar-refractivity contribution in [3.8, 4) is 6.07 Å². The molecule has 0 aliphatic rings. The van der Waals surface area contributed by atoms with Crippen molar-refractivity contribution in [2.24, 2.45) is 5.10 Å². The fourth-order valence-corrected chi connectivity index (χ4v) is 1.61. The summed E-state index contributed by atoms with van der Waals surface area (Å²) in [5.41, 5.74) is 5.41. The molecule has 18 heavy (non-hydrogen) atoms. The van der Waals surface area contributed by atoms with Gasteiger partial charge in [-0.1, -0.05) is 28.1 Å². The van der Waals surface area contributed by atoms with E-state index in [9.17, 15) is 0 Å². The van der Waals surface area contributed by atoms with E-state index in [-0.39, 0.29) is 0 Å². The zero-order valence-electron chi connectivity index (χ0n) is 9.47. The molecule has 0 spiro atoms. The Morgan fingerprint density at radius 1 is 1.06 bits per heavy atom. The lowest BCUT2D eigenvalue weighted by atomic mass is 10.2. The maximum atomic E-state index is 8.67. The van der Waals surface area contributed by atoms with Gasteiger partial charge in [-0.2, -0.15) is 10.4 Å². The largest absolute Gasteiger partial charge is 0.279 e. The highest BCUT2D eigenvalue weighted by atomic mass is 79.9. The summed E-state index contributed by atoms with van der Waals surface area (Å²) in [7, 11) is 0. The lowest BCUT2D eigenvalue weighted by molar-refractivity contribution is 1.34. The first kappa shape index (κ1) is 12.3. The van der Waals surface area contributed by atoms with E-state index in [4.69, 9.17) is 5.26 Å². The summed E-state index contributed by atoms with van der Waals surface area (Å²) < 4.78 is 1.04. The zero-order valence-corrected chi connectivity index (χ0v) is 11.1. The molecule has 3 nitrogen and oxygen atoms in total. The monoisotopic (exact) mass is 299 g/mol. The van der Waals surface area contributed by atoms with Crippen molar-refractivity contribution >= 4 is 27.8 Å². The topological polar surface area (TPSA) is 48.2 Å². The van der Waals surface area contributed by atoms with Crippen LogP contribution in [0.4, 0.5) is 5.69 Å². The first-order valence-corrected chi connectivity index (χ1v) is 6.12. The number of hydrazone groups is 1. The Bertz CT molecular complexity index is 580. The molecule has 0 aromatic heterocycles. The molecule has 0 unspecified atom stereocenters. The van der Waals surface area contributed by atoms with Crippen LogP contribution in [0.15, 0.2) is 58.1 Å². The van der Waals surface area contributed by atoms with Crippen molar-refractivity contribution in [2.45, 2.75) is 0 Å². The second-order valence-corrected chi connectivity index (χ2v) is 4.53. The average Bonchev–Trinajstić information content (AvgIpc) is 2.42. The van der Waals surface area contributed by atoms with Crippen LogP contribution in [0.1, 0.15) is 11.1 Å². The van der Waals surface area contributed by atoms with Crippen LogP contribution in [0.25, 0.3) is 0 Å². The third kappa shape index (κ3) is 3.44. The Morgan fingerprint density at radius 3 is 2.33 bits per heavy atom. The fourth-order valence-electron chi connectivity index (χ4n) is 1.35. The van der Waals surface area contributed by atoms with Gasteiger partial charge in [0, 0.05) is 4.47 Å². The van der Waals surface area contributed by atoms with Crippen molar-refractivity contribution in [1.82, 2.24) is 0 Å². The van der Waals surface area contributed by atoms with Gasteiger partial charge in [0.2, 0.25) is 0 Å². The molecule has 0 saturated carbocycles. The molecule has 4 heteroatoms. The molecule has 0 atom stereocenters. The van der Waals surface area contributed by atoms with Crippen LogP contribution in [0.2, 0.25) is 0 Å². The van der Waals surface area contributed by atoms with E-state index in [0.717, 1.165) is 15.7 Å². The molecule has 0 heterocycles. The molecule has 88 valence electrons. The van der Waals surface area contributed by atoms with E-state index >= 15 is 0 Å². The van der Waals surface area contributed by atoms with Gasteiger partial charge in [-0.15, -0.1) is 0 Å². The SMILES string of the molecule is N#Cc1ccc(N/N=C/c2ccc(Br)cc2)cc1. The molecule has 0 fully saturated rings. The lowest BCUT2D eigenvalue weighted by Crippen LogP contribution is -1.90. The number of rotatable bonds is 3. The van der Waals surface area contributed by atoms with Gasteiger partial charge < -0.3 is 0 Å². The van der Waals surface area contributed by atoms with Crippen molar-refractivity contribution in [3.05, 3.63) is 64.1 Å². The molecule has 0 amide bonds. The minimum absolute atomic E-state index is 0.637. The molecule has 0 saturated heterocycles. The van der Waals surface area contributed by atoms with Gasteiger partial charge in [0.1, 0.15) is 0 Å². The van der Waals surface area contributed by atoms with E-state index < -0.39 is 0 Å². The first-order valence-electron chi connectivity index (χ1n) is 5.33. The van der Waals surface area contributed by atoms with Crippen LogP contribution in [0, 0.1) is 11.3 Å². The van der Waals surface area contributed by atoms with Gasteiger partial charge in [-0.25, -0.2) is 0 Å². The average molecular weight is 300 g/mol. The van der Waals surface area contributed by atoms with E-state index in [1.165, 1.54) is 0 Å². The van der Waals surface area contributed by atoms with Crippen molar-refractivity contribution in [2.75, 3.05) is 5.43 Å². The van der Waals surface area contributed by atoms with Gasteiger partial charge in [0.25, 0.3) is 0 Å². The Labute approximate surface area is 114 Å². The van der Waals surface area contributed by atoms with E-state index in [2.05, 4.69) is 32.5 Å². The highest BCUT2D eigenvalue weighted by Gasteiger charge is 1.91. The standard InChI is InChI=1S/C14H10BrN3/c15-13-5-1-12(2-6-13)10-17-18-14-7-3-11(9-16)4-8-14/h1-8,10,18H/b17-10+. The number of nitrogens with one attached hydrogen (secondary N) is 1. The lowest BCUT2D eigenvalue weighted by Gasteiger charge is -1.99. The Balaban J connectivity index is 1.98. The highest BCUT2D eigenvalue weighted by Crippen LogP contribution is 2.10. The normalized spacial score (nSPS) is 10.2. The molecule has 1 N–H and O–H groups in total. The summed E-state index contributed by atoms with van der Waals surface area (Å²) in [6.07, 6.45) is 1.74. The summed E-state index contributed by atoms with van der Waals surface area (Å²) in [5.74, 6) is 0. The molecular formula is C14H10BrN3. The second kappa shape index (κ2) is 5.99. The maximum Gasteiger partial charge on any atom is 0.0991 e. The number of halogens is 1. The molecule has 2 aromatic rings. The molecule has 0 aliphatic heterocycles. The number of anilines is 1. The van der Waals surface area contributed by atoms with Crippen molar-refractivity contribution in [3.63, 3.8) is 0 Å². The van der Waals surface area contributed by atoms with Crippen LogP contribution in [0.3, 0.4) is 0 Å². The molecule has 0 bridgehead atoms. The minimum atomic E-state index is 0.637. The van der Waals surface area contributed by atoms with E-state index in [1.807, 2.05) is 36.4 Å². The van der Waals surface area contributed by atoms with Gasteiger partial charge in [0.15, 0.2) is 0 Å². The van der Waals surface area contributed by atoms with Crippen LogP contribution < -0.4 is 5.43 Å². The zero-order chi connectivity index (χ0) is 12.8. The van der Waals surface area contributed by atoms with Crippen molar-refractivity contribution < 1.29 is 0 Å². The molecule has 2 aromatic carbocycles. The summed E-state index contributed by atoms with van der Waals surface area (Å²) in [6.45, 7) is 0. The Kier molecular flexibility index (Phi) is 4.11. The smallest absolute Gasteiger partial charge is 0.0991 e. The van der Waals surface area contributed by atoms with Crippen LogP contribution in [-0.2, 0) is 0 Å². The maximum absolute atomic E-state index is 8.67. The summed E-state index contributed by atoms with van der Waals surface area (Å²) >= 11 is 3.38. The van der Waals surface area contributed by atoms with Crippen LogP contribution in [-0.4, -0.2) is 6.21 Å². The number of nitrogens with zero attached hydrogens (tertiary/aromatic N) is 2. The number of hydrogen-bond donors (Lipinski definition) is 1. The molecule has 2 rings (SSSR count). The van der Waals surface area contributed by atoms with Crippen LogP contribution >= 0.6 is 15.9 Å². The quantitative estimate of drug-likeness (QED) is 0.693. The van der Waals surface area contributed by atoms with E-state index in [0.29, 0.717) is 5.56 Å². The third-order valence-corrected chi connectivity index (χ3v) is 2.82. The van der Waals surface area contributed by atoms with Gasteiger partial charge in [0.05, 0.1) is 23.5 Å². The summed E-state index contributed by atoms with van der Waals surface area (Å²) in [4.78, 5) is 0. The fraction of sp³-hybridized carbons (Fsp3) is 0. The summed E-state index contributed by atoms with van der Waals surface area (Å²) in [5, 5.41) is 12.8. The van der Waals surface area contributed by atoms with Gasteiger partial charge >= 0.3 is 0 Å². The van der Waals surface area contributed by atoms with Crippen molar-refractivity contribution in [1.29, 1.82) is 5.26 Å².